The molecule has 0 radical (unpaired) electrons. The van der Waals surface area contributed by atoms with E-state index in [1.54, 1.807) is 20.1 Å². The summed E-state index contributed by atoms with van der Waals surface area (Å²) in [4.78, 5) is 4.43. The first-order valence-corrected chi connectivity index (χ1v) is 6.66. The van der Waals surface area contributed by atoms with Crippen LogP contribution in [0, 0.1) is 19.7 Å². The SMILES string of the molecule is COCCCn1cc(C)nc1Nc1ccc(C)c(F)c1. The highest BCUT2D eigenvalue weighted by Crippen LogP contribution is 2.19. The predicted octanol–water partition coefficient (Wildman–Crippen LogP) is 3.42. The Morgan fingerprint density at radius 2 is 2.15 bits per heavy atom. The number of anilines is 2. The van der Waals surface area contributed by atoms with Crippen LogP contribution in [0.3, 0.4) is 0 Å². The molecule has 0 atom stereocenters. The average molecular weight is 277 g/mol. The number of halogens is 1. The van der Waals surface area contributed by atoms with Gasteiger partial charge in [0.15, 0.2) is 0 Å². The molecule has 5 heteroatoms. The molecule has 2 rings (SSSR count). The molecule has 108 valence electrons. The Bertz CT molecular complexity index is 580. The van der Waals surface area contributed by atoms with E-state index in [0.29, 0.717) is 17.9 Å². The van der Waals surface area contributed by atoms with Crippen molar-refractivity contribution in [3.8, 4) is 0 Å². The van der Waals surface area contributed by atoms with Crippen molar-refractivity contribution in [2.45, 2.75) is 26.8 Å². The van der Waals surface area contributed by atoms with Crippen molar-refractivity contribution in [3.05, 3.63) is 41.5 Å². The summed E-state index contributed by atoms with van der Waals surface area (Å²) in [6.07, 6.45) is 2.88. The fourth-order valence-electron chi connectivity index (χ4n) is 2.00. The number of benzene rings is 1. The molecule has 1 heterocycles. The van der Waals surface area contributed by atoms with Gasteiger partial charge in [0.25, 0.3) is 0 Å². The van der Waals surface area contributed by atoms with Gasteiger partial charge in [0, 0.05) is 32.1 Å². The number of hydrogen-bond acceptors (Lipinski definition) is 3. The number of imidazole rings is 1. The van der Waals surface area contributed by atoms with Gasteiger partial charge in [-0.15, -0.1) is 0 Å². The van der Waals surface area contributed by atoms with E-state index < -0.39 is 0 Å². The summed E-state index contributed by atoms with van der Waals surface area (Å²) in [5.74, 6) is 0.506. The van der Waals surface area contributed by atoms with Gasteiger partial charge in [-0.25, -0.2) is 9.37 Å². The highest BCUT2D eigenvalue weighted by Gasteiger charge is 2.07. The van der Waals surface area contributed by atoms with Crippen LogP contribution in [-0.4, -0.2) is 23.3 Å². The molecule has 0 aliphatic carbocycles. The summed E-state index contributed by atoms with van der Waals surface area (Å²) in [5, 5.41) is 3.16. The average Bonchev–Trinajstić information content (AvgIpc) is 2.74. The highest BCUT2D eigenvalue weighted by atomic mass is 19.1. The lowest BCUT2D eigenvalue weighted by atomic mass is 10.2. The first-order chi connectivity index (χ1) is 9.60. The Labute approximate surface area is 118 Å². The van der Waals surface area contributed by atoms with Gasteiger partial charge in [0.05, 0.1) is 5.69 Å². The van der Waals surface area contributed by atoms with Crippen molar-refractivity contribution in [2.24, 2.45) is 0 Å². The van der Waals surface area contributed by atoms with E-state index in [4.69, 9.17) is 4.74 Å². The summed E-state index contributed by atoms with van der Waals surface area (Å²) in [7, 11) is 1.69. The first-order valence-electron chi connectivity index (χ1n) is 6.66. The van der Waals surface area contributed by atoms with Crippen molar-refractivity contribution in [3.63, 3.8) is 0 Å². The molecular weight excluding hydrogens is 257 g/mol. The molecule has 4 nitrogen and oxygen atoms in total. The van der Waals surface area contributed by atoms with Crippen molar-refractivity contribution in [1.29, 1.82) is 0 Å². The molecule has 2 aromatic rings. The van der Waals surface area contributed by atoms with Crippen LogP contribution in [0.4, 0.5) is 16.0 Å². The smallest absolute Gasteiger partial charge is 0.207 e. The molecule has 1 aromatic heterocycles. The van der Waals surface area contributed by atoms with Crippen LogP contribution in [0.1, 0.15) is 17.7 Å². The van der Waals surface area contributed by atoms with Crippen LogP contribution in [-0.2, 0) is 11.3 Å². The van der Waals surface area contributed by atoms with Crippen LogP contribution in [0.5, 0.6) is 0 Å². The summed E-state index contributed by atoms with van der Waals surface area (Å²) in [5.41, 5.74) is 2.26. The predicted molar refractivity (Wildman–Crippen MR) is 77.9 cm³/mol. The van der Waals surface area contributed by atoms with Crippen molar-refractivity contribution >= 4 is 11.6 Å². The van der Waals surface area contributed by atoms with Gasteiger partial charge < -0.3 is 14.6 Å². The summed E-state index contributed by atoms with van der Waals surface area (Å²) in [6.45, 7) is 5.20. The van der Waals surface area contributed by atoms with E-state index in [1.807, 2.05) is 23.8 Å². The molecule has 0 bridgehead atoms. The largest absolute Gasteiger partial charge is 0.385 e. The molecule has 0 amide bonds. The maximum absolute atomic E-state index is 13.6. The normalized spacial score (nSPS) is 10.8. The number of hydrogen-bond donors (Lipinski definition) is 1. The van der Waals surface area contributed by atoms with Crippen molar-refractivity contribution < 1.29 is 9.13 Å². The number of nitrogens with one attached hydrogen (secondary N) is 1. The summed E-state index contributed by atoms with van der Waals surface area (Å²) >= 11 is 0. The molecule has 1 N–H and O–H groups in total. The topological polar surface area (TPSA) is 39.1 Å². The molecule has 0 aliphatic heterocycles. The van der Waals surface area contributed by atoms with Gasteiger partial charge in [0.1, 0.15) is 5.82 Å². The molecule has 1 aromatic carbocycles. The first kappa shape index (κ1) is 14.5. The second-order valence-electron chi connectivity index (χ2n) is 4.83. The van der Waals surface area contributed by atoms with E-state index in [0.717, 1.165) is 24.6 Å². The van der Waals surface area contributed by atoms with Crippen molar-refractivity contribution in [2.75, 3.05) is 19.0 Å². The third-order valence-electron chi connectivity index (χ3n) is 3.07. The summed E-state index contributed by atoms with van der Waals surface area (Å²) in [6, 6.07) is 5.09. The fourth-order valence-corrected chi connectivity index (χ4v) is 2.00. The Kier molecular flexibility index (Phi) is 4.74. The van der Waals surface area contributed by atoms with Crippen LogP contribution >= 0.6 is 0 Å². The van der Waals surface area contributed by atoms with Crippen molar-refractivity contribution in [1.82, 2.24) is 9.55 Å². The summed E-state index contributed by atoms with van der Waals surface area (Å²) < 4.78 is 20.6. The van der Waals surface area contributed by atoms with Crippen LogP contribution < -0.4 is 5.32 Å². The lowest BCUT2D eigenvalue weighted by molar-refractivity contribution is 0.190. The van der Waals surface area contributed by atoms with Crippen LogP contribution in [0.2, 0.25) is 0 Å². The molecule has 0 saturated carbocycles. The minimum absolute atomic E-state index is 0.218. The number of aryl methyl sites for hydroxylation is 3. The quantitative estimate of drug-likeness (QED) is 0.822. The van der Waals surface area contributed by atoms with Gasteiger partial charge in [-0.2, -0.15) is 0 Å². The maximum Gasteiger partial charge on any atom is 0.207 e. The number of methoxy groups -OCH3 is 1. The number of rotatable bonds is 6. The van der Waals surface area contributed by atoms with E-state index in [-0.39, 0.29) is 5.82 Å². The van der Waals surface area contributed by atoms with E-state index in [1.165, 1.54) is 6.07 Å². The minimum Gasteiger partial charge on any atom is -0.385 e. The standard InChI is InChI=1S/C15H20FN3O/c1-11-5-6-13(9-14(11)16)18-15-17-12(2)10-19(15)7-4-8-20-3/h5-6,9-10H,4,7-8H2,1-3H3,(H,17,18). The zero-order chi connectivity index (χ0) is 14.5. The van der Waals surface area contributed by atoms with E-state index in [9.17, 15) is 4.39 Å². The van der Waals surface area contributed by atoms with Crippen LogP contribution in [0.25, 0.3) is 0 Å². The zero-order valence-electron chi connectivity index (χ0n) is 12.1. The molecule has 20 heavy (non-hydrogen) atoms. The molecule has 0 fully saturated rings. The van der Waals surface area contributed by atoms with Gasteiger partial charge in [0.2, 0.25) is 5.95 Å². The third kappa shape index (κ3) is 3.57. The lowest BCUT2D eigenvalue weighted by Crippen LogP contribution is -2.05. The van der Waals surface area contributed by atoms with Gasteiger partial charge >= 0.3 is 0 Å². The Hall–Kier alpha value is -1.88. The minimum atomic E-state index is -0.218. The molecular formula is C15H20FN3O. The molecule has 0 aliphatic rings. The highest BCUT2D eigenvalue weighted by molar-refractivity contribution is 5.54. The lowest BCUT2D eigenvalue weighted by Gasteiger charge is -2.10. The van der Waals surface area contributed by atoms with Gasteiger partial charge in [-0.05, 0) is 38.0 Å². The fraction of sp³-hybridized carbons (Fsp3) is 0.400. The van der Waals surface area contributed by atoms with Gasteiger partial charge in [-0.3, -0.25) is 0 Å². The molecule has 0 spiro atoms. The number of aromatic nitrogens is 2. The second-order valence-corrected chi connectivity index (χ2v) is 4.83. The van der Waals surface area contributed by atoms with E-state index in [2.05, 4.69) is 10.3 Å². The number of ether oxygens (including phenoxy) is 1. The monoisotopic (exact) mass is 277 g/mol. The Morgan fingerprint density at radius 3 is 2.85 bits per heavy atom. The molecule has 0 saturated heterocycles. The molecule has 0 unspecified atom stereocenters. The van der Waals surface area contributed by atoms with E-state index >= 15 is 0 Å². The zero-order valence-corrected chi connectivity index (χ0v) is 12.1. The Balaban J connectivity index is 2.13. The Morgan fingerprint density at radius 1 is 1.35 bits per heavy atom. The van der Waals surface area contributed by atoms with Gasteiger partial charge in [-0.1, -0.05) is 6.07 Å². The van der Waals surface area contributed by atoms with Crippen LogP contribution in [0.15, 0.2) is 24.4 Å². The maximum atomic E-state index is 13.6. The number of nitrogens with zero attached hydrogens (tertiary/aromatic N) is 2. The second kappa shape index (κ2) is 6.52. The third-order valence-corrected chi connectivity index (χ3v) is 3.07.